The van der Waals surface area contributed by atoms with Crippen molar-refractivity contribution in [1.29, 1.82) is 0 Å². The van der Waals surface area contributed by atoms with Crippen LogP contribution in [0.5, 0.6) is 0 Å². The SMILES string of the molecule is CCC(CC)CN(CC)c1ccc([C@@H](C)N)nc1. The molecule has 1 heterocycles. The normalized spacial score (nSPS) is 12.8. The van der Waals surface area contributed by atoms with E-state index in [4.69, 9.17) is 5.73 Å². The maximum absolute atomic E-state index is 5.82. The number of hydrogen-bond donors (Lipinski definition) is 1. The van der Waals surface area contributed by atoms with E-state index >= 15 is 0 Å². The smallest absolute Gasteiger partial charge is 0.0569 e. The van der Waals surface area contributed by atoms with E-state index in [2.05, 4.69) is 36.7 Å². The molecule has 102 valence electrons. The largest absolute Gasteiger partial charge is 0.370 e. The molecule has 3 heteroatoms. The van der Waals surface area contributed by atoms with Gasteiger partial charge < -0.3 is 10.6 Å². The second-order valence-corrected chi connectivity index (χ2v) is 4.95. The highest BCUT2D eigenvalue weighted by molar-refractivity contribution is 5.44. The summed E-state index contributed by atoms with van der Waals surface area (Å²) in [7, 11) is 0. The minimum absolute atomic E-state index is 0.00755. The van der Waals surface area contributed by atoms with Crippen LogP contribution in [0.25, 0.3) is 0 Å². The molecule has 1 rings (SSSR count). The van der Waals surface area contributed by atoms with Crippen molar-refractivity contribution in [2.24, 2.45) is 11.7 Å². The van der Waals surface area contributed by atoms with Crippen LogP contribution in [0, 0.1) is 5.92 Å². The van der Waals surface area contributed by atoms with Crippen LogP contribution < -0.4 is 10.6 Å². The Kier molecular flexibility index (Phi) is 6.13. The molecule has 0 aliphatic carbocycles. The molecular weight excluding hydrogens is 222 g/mol. The second kappa shape index (κ2) is 7.37. The quantitative estimate of drug-likeness (QED) is 0.805. The van der Waals surface area contributed by atoms with Crippen molar-refractivity contribution in [1.82, 2.24) is 4.98 Å². The van der Waals surface area contributed by atoms with E-state index in [0.717, 1.165) is 24.7 Å². The van der Waals surface area contributed by atoms with Crippen LogP contribution in [0.15, 0.2) is 18.3 Å². The third-order valence-corrected chi connectivity index (χ3v) is 3.62. The van der Waals surface area contributed by atoms with Gasteiger partial charge in [-0.2, -0.15) is 0 Å². The first-order valence-corrected chi connectivity index (χ1v) is 7.08. The van der Waals surface area contributed by atoms with Crippen LogP contribution in [-0.4, -0.2) is 18.1 Å². The van der Waals surface area contributed by atoms with Gasteiger partial charge in [0.15, 0.2) is 0 Å². The van der Waals surface area contributed by atoms with Crippen LogP contribution in [0.2, 0.25) is 0 Å². The molecule has 0 aromatic carbocycles. The number of hydrogen-bond acceptors (Lipinski definition) is 3. The molecule has 0 fully saturated rings. The molecular formula is C15H27N3. The highest BCUT2D eigenvalue weighted by Crippen LogP contribution is 2.19. The predicted octanol–water partition coefficient (Wildman–Crippen LogP) is 3.36. The summed E-state index contributed by atoms with van der Waals surface area (Å²) >= 11 is 0. The van der Waals surface area contributed by atoms with Crippen LogP contribution >= 0.6 is 0 Å². The van der Waals surface area contributed by atoms with Gasteiger partial charge in [0.2, 0.25) is 0 Å². The summed E-state index contributed by atoms with van der Waals surface area (Å²) in [5, 5.41) is 0. The zero-order chi connectivity index (χ0) is 13.5. The Morgan fingerprint density at radius 2 is 1.89 bits per heavy atom. The summed E-state index contributed by atoms with van der Waals surface area (Å²) < 4.78 is 0. The average Bonchev–Trinajstić information content (AvgIpc) is 2.40. The van der Waals surface area contributed by atoms with E-state index in [1.807, 2.05) is 19.2 Å². The Balaban J connectivity index is 2.75. The molecule has 1 aromatic heterocycles. The molecule has 0 bridgehead atoms. The minimum atomic E-state index is 0.00755. The Labute approximate surface area is 111 Å². The number of nitrogens with two attached hydrogens (primary N) is 1. The Morgan fingerprint density at radius 3 is 2.28 bits per heavy atom. The molecule has 0 amide bonds. The van der Waals surface area contributed by atoms with Gasteiger partial charge in [-0.1, -0.05) is 26.7 Å². The topological polar surface area (TPSA) is 42.1 Å². The lowest BCUT2D eigenvalue weighted by molar-refractivity contribution is 0.486. The monoisotopic (exact) mass is 249 g/mol. The van der Waals surface area contributed by atoms with Gasteiger partial charge in [0.25, 0.3) is 0 Å². The van der Waals surface area contributed by atoms with Crippen molar-refractivity contribution in [3.05, 3.63) is 24.0 Å². The maximum Gasteiger partial charge on any atom is 0.0569 e. The maximum atomic E-state index is 5.82. The van der Waals surface area contributed by atoms with Gasteiger partial charge in [-0.05, 0) is 31.9 Å². The van der Waals surface area contributed by atoms with E-state index in [9.17, 15) is 0 Å². The first kappa shape index (κ1) is 15.0. The summed E-state index contributed by atoms with van der Waals surface area (Å²) in [6.07, 6.45) is 4.42. The van der Waals surface area contributed by atoms with Gasteiger partial charge in [0, 0.05) is 19.1 Å². The van der Waals surface area contributed by atoms with Crippen LogP contribution in [0.3, 0.4) is 0 Å². The number of rotatable bonds is 7. The molecule has 0 radical (unpaired) electrons. The lowest BCUT2D eigenvalue weighted by Gasteiger charge is -2.27. The Hall–Kier alpha value is -1.09. The standard InChI is InChI=1S/C15H27N3/c1-5-13(6-2)11-18(7-3)14-8-9-15(12(4)16)17-10-14/h8-10,12-13H,5-7,11,16H2,1-4H3/t12-/m1/s1. The highest BCUT2D eigenvalue weighted by atomic mass is 15.1. The minimum Gasteiger partial charge on any atom is -0.370 e. The number of pyridine rings is 1. The van der Waals surface area contributed by atoms with Gasteiger partial charge in [-0.3, -0.25) is 4.98 Å². The Bertz CT molecular complexity index is 328. The van der Waals surface area contributed by atoms with Crippen LogP contribution in [0.4, 0.5) is 5.69 Å². The van der Waals surface area contributed by atoms with Crippen LogP contribution in [0.1, 0.15) is 52.3 Å². The summed E-state index contributed by atoms with van der Waals surface area (Å²) in [6.45, 7) is 10.8. The molecule has 3 nitrogen and oxygen atoms in total. The molecule has 0 saturated carbocycles. The van der Waals surface area contributed by atoms with E-state index in [0.29, 0.717) is 0 Å². The summed E-state index contributed by atoms with van der Waals surface area (Å²) in [4.78, 5) is 6.84. The van der Waals surface area contributed by atoms with Crippen molar-refractivity contribution in [3.63, 3.8) is 0 Å². The fraction of sp³-hybridized carbons (Fsp3) is 0.667. The number of anilines is 1. The third-order valence-electron chi connectivity index (χ3n) is 3.62. The summed E-state index contributed by atoms with van der Waals surface area (Å²) in [6, 6.07) is 4.18. The molecule has 0 spiro atoms. The number of nitrogens with zero attached hydrogens (tertiary/aromatic N) is 2. The van der Waals surface area contributed by atoms with Crippen molar-refractivity contribution >= 4 is 5.69 Å². The van der Waals surface area contributed by atoms with Gasteiger partial charge >= 0.3 is 0 Å². The Morgan fingerprint density at radius 1 is 1.22 bits per heavy atom. The zero-order valence-corrected chi connectivity index (χ0v) is 12.2. The first-order chi connectivity index (χ1) is 8.62. The molecule has 0 aliphatic rings. The molecule has 0 unspecified atom stereocenters. The fourth-order valence-corrected chi connectivity index (χ4v) is 2.13. The van der Waals surface area contributed by atoms with Crippen molar-refractivity contribution in [2.45, 2.75) is 46.6 Å². The van der Waals surface area contributed by atoms with E-state index < -0.39 is 0 Å². The summed E-state index contributed by atoms with van der Waals surface area (Å²) in [5.41, 5.74) is 7.98. The van der Waals surface area contributed by atoms with Crippen molar-refractivity contribution in [3.8, 4) is 0 Å². The van der Waals surface area contributed by atoms with Gasteiger partial charge in [0.05, 0.1) is 17.6 Å². The van der Waals surface area contributed by atoms with Crippen LogP contribution in [-0.2, 0) is 0 Å². The molecule has 0 aliphatic heterocycles. The lowest BCUT2D eigenvalue weighted by Crippen LogP contribution is -2.29. The predicted molar refractivity (Wildman–Crippen MR) is 78.8 cm³/mol. The van der Waals surface area contributed by atoms with Crippen molar-refractivity contribution in [2.75, 3.05) is 18.0 Å². The molecule has 0 saturated heterocycles. The van der Waals surface area contributed by atoms with E-state index in [1.54, 1.807) is 0 Å². The molecule has 2 N–H and O–H groups in total. The van der Waals surface area contributed by atoms with Gasteiger partial charge in [-0.15, -0.1) is 0 Å². The van der Waals surface area contributed by atoms with Gasteiger partial charge in [0.1, 0.15) is 0 Å². The molecule has 1 atom stereocenters. The second-order valence-electron chi connectivity index (χ2n) is 4.95. The van der Waals surface area contributed by atoms with Crippen molar-refractivity contribution < 1.29 is 0 Å². The lowest BCUT2D eigenvalue weighted by atomic mass is 10.0. The van der Waals surface area contributed by atoms with Gasteiger partial charge in [-0.25, -0.2) is 0 Å². The molecule has 1 aromatic rings. The third kappa shape index (κ3) is 3.98. The van der Waals surface area contributed by atoms with E-state index in [-0.39, 0.29) is 6.04 Å². The first-order valence-electron chi connectivity index (χ1n) is 7.08. The fourth-order valence-electron chi connectivity index (χ4n) is 2.13. The average molecular weight is 249 g/mol. The molecule has 18 heavy (non-hydrogen) atoms. The zero-order valence-electron chi connectivity index (χ0n) is 12.2. The number of aromatic nitrogens is 1. The van der Waals surface area contributed by atoms with E-state index in [1.165, 1.54) is 18.5 Å². The summed E-state index contributed by atoms with van der Waals surface area (Å²) in [5.74, 6) is 0.762. The highest BCUT2D eigenvalue weighted by Gasteiger charge is 2.11.